The average Bonchev–Trinajstić information content (AvgIpc) is 3.12. The van der Waals surface area contributed by atoms with Crippen molar-refractivity contribution in [1.82, 2.24) is 0 Å². The molecular formula is C38H48N8O4. The van der Waals surface area contributed by atoms with E-state index in [2.05, 4.69) is 0 Å². The van der Waals surface area contributed by atoms with E-state index in [0.29, 0.717) is 48.7 Å². The third kappa shape index (κ3) is 14.4. The van der Waals surface area contributed by atoms with Crippen molar-refractivity contribution in [3.05, 3.63) is 119 Å². The van der Waals surface area contributed by atoms with E-state index < -0.39 is 0 Å². The van der Waals surface area contributed by atoms with E-state index in [1.807, 2.05) is 48.5 Å². The fourth-order valence-electron chi connectivity index (χ4n) is 4.44. The Labute approximate surface area is 293 Å². The van der Waals surface area contributed by atoms with E-state index in [9.17, 15) is 0 Å². The Morgan fingerprint density at radius 1 is 0.320 bits per heavy atom. The number of nitrogens with two attached hydrogens (primary N) is 4. The minimum absolute atomic E-state index is 0.0579. The van der Waals surface area contributed by atoms with Gasteiger partial charge in [0.1, 0.15) is 46.3 Å². The molecule has 12 heteroatoms. The zero-order chi connectivity index (χ0) is 36.1. The second-order valence-electron chi connectivity index (χ2n) is 11.3. The van der Waals surface area contributed by atoms with Gasteiger partial charge in [-0.05, 0) is 136 Å². The molecule has 4 aromatic rings. The summed E-state index contributed by atoms with van der Waals surface area (Å²) in [6.45, 7) is 2.58. The molecule has 0 heterocycles. The maximum Gasteiger partial charge on any atom is 0.122 e. The highest BCUT2D eigenvalue weighted by molar-refractivity contribution is 5.96. The van der Waals surface area contributed by atoms with Gasteiger partial charge in [0, 0.05) is 22.3 Å². The topological polar surface area (TPSA) is 236 Å². The van der Waals surface area contributed by atoms with Crippen molar-refractivity contribution in [2.75, 3.05) is 26.4 Å². The van der Waals surface area contributed by atoms with Crippen LogP contribution >= 0.6 is 0 Å². The molecule has 50 heavy (non-hydrogen) atoms. The number of unbranched alkanes of at least 4 members (excludes halogenated alkanes) is 4. The predicted molar refractivity (Wildman–Crippen MR) is 200 cm³/mol. The number of nitrogens with one attached hydrogen (secondary N) is 4. The molecule has 0 unspecified atom stereocenters. The van der Waals surface area contributed by atoms with Gasteiger partial charge >= 0.3 is 0 Å². The zero-order valence-electron chi connectivity index (χ0n) is 28.3. The van der Waals surface area contributed by atoms with Gasteiger partial charge in [-0.1, -0.05) is 0 Å². The minimum atomic E-state index is 0.0579. The molecule has 0 fully saturated rings. The van der Waals surface area contributed by atoms with E-state index in [0.717, 1.165) is 61.5 Å². The van der Waals surface area contributed by atoms with E-state index in [-0.39, 0.29) is 23.3 Å². The molecule has 0 aromatic heterocycles. The first kappa shape index (κ1) is 38.4. The van der Waals surface area contributed by atoms with E-state index in [1.54, 1.807) is 48.5 Å². The Hall–Kier alpha value is -6.04. The SMILES string of the molecule is N=C(N)c1ccc(OCCCCCOc2ccc(C(=N)N)cc2)cc1.N=C(N)c1ccc(OCCCCCOc2ccc(C(=N)N)cc2)cc1. The van der Waals surface area contributed by atoms with Gasteiger partial charge in [0.2, 0.25) is 0 Å². The van der Waals surface area contributed by atoms with Crippen molar-refractivity contribution in [2.45, 2.75) is 38.5 Å². The Bertz CT molecular complexity index is 1390. The van der Waals surface area contributed by atoms with E-state index in [4.69, 9.17) is 63.5 Å². The molecule has 0 atom stereocenters. The van der Waals surface area contributed by atoms with Crippen LogP contribution in [0.25, 0.3) is 0 Å². The molecule has 0 amide bonds. The highest BCUT2D eigenvalue weighted by Crippen LogP contribution is 2.16. The second-order valence-corrected chi connectivity index (χ2v) is 11.3. The minimum Gasteiger partial charge on any atom is -0.494 e. The van der Waals surface area contributed by atoms with Crippen LogP contribution in [0.5, 0.6) is 23.0 Å². The maximum absolute atomic E-state index is 7.34. The van der Waals surface area contributed by atoms with Crippen LogP contribution in [-0.2, 0) is 0 Å². The lowest BCUT2D eigenvalue weighted by Gasteiger charge is -2.08. The molecule has 0 bridgehead atoms. The average molecular weight is 681 g/mol. The van der Waals surface area contributed by atoms with Crippen molar-refractivity contribution in [1.29, 1.82) is 21.6 Å². The summed E-state index contributed by atoms with van der Waals surface area (Å²) >= 11 is 0. The Balaban J connectivity index is 0.000000270. The molecule has 4 rings (SSSR count). The van der Waals surface area contributed by atoms with Crippen LogP contribution in [0.3, 0.4) is 0 Å². The monoisotopic (exact) mass is 680 g/mol. The summed E-state index contributed by atoms with van der Waals surface area (Å²) in [6, 6.07) is 28.8. The lowest BCUT2D eigenvalue weighted by atomic mass is 10.2. The molecule has 0 aliphatic heterocycles. The first-order valence-electron chi connectivity index (χ1n) is 16.4. The molecular weight excluding hydrogens is 632 g/mol. The van der Waals surface area contributed by atoms with Crippen molar-refractivity contribution >= 4 is 23.3 Å². The van der Waals surface area contributed by atoms with Gasteiger partial charge in [-0.3, -0.25) is 21.6 Å². The summed E-state index contributed by atoms with van der Waals surface area (Å²) in [5.41, 5.74) is 24.4. The lowest BCUT2D eigenvalue weighted by Crippen LogP contribution is -2.10. The van der Waals surface area contributed by atoms with Gasteiger partial charge in [-0.2, -0.15) is 0 Å². The summed E-state index contributed by atoms with van der Waals surface area (Å²) in [7, 11) is 0. The lowest BCUT2D eigenvalue weighted by molar-refractivity contribution is 0.279. The van der Waals surface area contributed by atoms with Gasteiger partial charge in [0.25, 0.3) is 0 Å². The number of benzene rings is 4. The zero-order valence-corrected chi connectivity index (χ0v) is 28.3. The summed E-state index contributed by atoms with van der Waals surface area (Å²) < 4.78 is 22.6. The molecule has 0 saturated heterocycles. The number of hydrogen-bond acceptors (Lipinski definition) is 8. The molecule has 4 aromatic carbocycles. The van der Waals surface area contributed by atoms with Crippen LogP contribution < -0.4 is 41.9 Å². The van der Waals surface area contributed by atoms with Gasteiger partial charge < -0.3 is 41.9 Å². The molecule has 264 valence electrons. The summed E-state index contributed by atoms with van der Waals surface area (Å²) in [5.74, 6) is 3.37. The normalized spacial score (nSPS) is 10.2. The van der Waals surface area contributed by atoms with E-state index in [1.165, 1.54) is 0 Å². The molecule has 12 nitrogen and oxygen atoms in total. The van der Waals surface area contributed by atoms with Crippen LogP contribution in [0, 0.1) is 21.6 Å². The summed E-state index contributed by atoms with van der Waals surface area (Å²) in [5, 5.41) is 29.4. The smallest absolute Gasteiger partial charge is 0.122 e. The van der Waals surface area contributed by atoms with Gasteiger partial charge in [0.15, 0.2) is 0 Å². The number of hydrogen-bond donors (Lipinski definition) is 8. The molecule has 0 aliphatic rings. The van der Waals surface area contributed by atoms with Gasteiger partial charge in [0.05, 0.1) is 26.4 Å². The fraction of sp³-hybridized carbons (Fsp3) is 0.263. The van der Waals surface area contributed by atoms with Crippen LogP contribution in [0.2, 0.25) is 0 Å². The first-order valence-corrected chi connectivity index (χ1v) is 16.4. The molecule has 0 aliphatic carbocycles. The van der Waals surface area contributed by atoms with E-state index >= 15 is 0 Å². The highest BCUT2D eigenvalue weighted by atomic mass is 16.5. The van der Waals surface area contributed by atoms with Crippen molar-refractivity contribution in [3.63, 3.8) is 0 Å². The maximum atomic E-state index is 7.34. The third-order valence-electron chi connectivity index (χ3n) is 7.31. The number of rotatable bonds is 20. The largest absolute Gasteiger partial charge is 0.494 e. The molecule has 0 radical (unpaired) electrons. The van der Waals surface area contributed by atoms with Crippen LogP contribution in [0.4, 0.5) is 0 Å². The van der Waals surface area contributed by atoms with Gasteiger partial charge in [-0.15, -0.1) is 0 Å². The highest BCUT2D eigenvalue weighted by Gasteiger charge is 2.02. The first-order chi connectivity index (χ1) is 24.1. The van der Waals surface area contributed by atoms with Crippen molar-refractivity contribution < 1.29 is 18.9 Å². The quantitative estimate of drug-likeness (QED) is 0.0323. The Morgan fingerprint density at radius 2 is 0.500 bits per heavy atom. The fourth-order valence-corrected chi connectivity index (χ4v) is 4.44. The number of nitrogen functional groups attached to an aromatic ring is 4. The standard InChI is InChI=1S/2C19H24N4O2/c2*20-18(21)14-4-8-16(9-5-14)24-12-2-1-3-13-25-17-10-6-15(7-11-17)19(22)23/h2*4-11H,1-3,12-13H2,(H3,20,21)(H3,22,23). The number of amidine groups is 4. The molecule has 0 saturated carbocycles. The van der Waals surface area contributed by atoms with Crippen LogP contribution in [0.1, 0.15) is 60.8 Å². The molecule has 0 spiro atoms. The van der Waals surface area contributed by atoms with Crippen LogP contribution in [-0.4, -0.2) is 49.8 Å². The van der Waals surface area contributed by atoms with Gasteiger partial charge in [-0.25, -0.2) is 0 Å². The Kier molecular flexibility index (Phi) is 16.2. The second kappa shape index (κ2) is 21.0. The van der Waals surface area contributed by atoms with Crippen molar-refractivity contribution in [2.24, 2.45) is 22.9 Å². The summed E-state index contributed by atoms with van der Waals surface area (Å²) in [4.78, 5) is 0. The molecule has 12 N–H and O–H groups in total. The Morgan fingerprint density at radius 3 is 0.660 bits per heavy atom. The van der Waals surface area contributed by atoms with Crippen LogP contribution in [0.15, 0.2) is 97.1 Å². The number of ether oxygens (including phenoxy) is 4. The van der Waals surface area contributed by atoms with Crippen molar-refractivity contribution in [3.8, 4) is 23.0 Å². The predicted octanol–water partition coefficient (Wildman–Crippen LogP) is 5.77. The third-order valence-corrected chi connectivity index (χ3v) is 7.31. The summed E-state index contributed by atoms with van der Waals surface area (Å²) in [6.07, 6.45) is 5.80.